The molecule has 0 aliphatic rings. The maximum Gasteiger partial charge on any atom is 0.331 e. The van der Waals surface area contributed by atoms with Crippen molar-refractivity contribution >= 4 is 11.5 Å². The van der Waals surface area contributed by atoms with Crippen molar-refractivity contribution in [2.75, 3.05) is 6.61 Å². The van der Waals surface area contributed by atoms with E-state index < -0.39 is 0 Å². The van der Waals surface area contributed by atoms with Gasteiger partial charge in [0.05, 0.1) is 6.61 Å². The van der Waals surface area contributed by atoms with Crippen molar-refractivity contribution in [3.63, 3.8) is 0 Å². The van der Waals surface area contributed by atoms with Gasteiger partial charge in [0, 0.05) is 6.08 Å². The second kappa shape index (κ2) is 7.49. The average molecular weight is 244 g/mol. The van der Waals surface area contributed by atoms with Crippen molar-refractivity contribution in [3.05, 3.63) is 54.1 Å². The second-order valence-corrected chi connectivity index (χ2v) is 4.03. The van der Waals surface area contributed by atoms with E-state index in [2.05, 4.69) is 13.0 Å². The fraction of sp³-hybridized carbons (Fsp3) is 0.312. The van der Waals surface area contributed by atoms with Crippen LogP contribution in [0.1, 0.15) is 26.3 Å². The van der Waals surface area contributed by atoms with Gasteiger partial charge in [0.1, 0.15) is 0 Å². The van der Waals surface area contributed by atoms with Crippen molar-refractivity contribution in [1.82, 2.24) is 0 Å². The molecule has 2 heteroatoms. The highest BCUT2D eigenvalue weighted by Gasteiger charge is 2.10. The summed E-state index contributed by atoms with van der Waals surface area (Å²) in [5.74, 6) is -0.102. The monoisotopic (exact) mass is 244 g/mol. The summed E-state index contributed by atoms with van der Waals surface area (Å²) >= 11 is 0. The van der Waals surface area contributed by atoms with Crippen LogP contribution in [0.5, 0.6) is 0 Å². The van der Waals surface area contributed by atoms with Gasteiger partial charge in [-0.15, -0.1) is 0 Å². The van der Waals surface area contributed by atoms with E-state index in [-0.39, 0.29) is 11.9 Å². The standard InChI is InChI=1S/C16H20O2/c1-4-9-13(3)15(12-16(17)18-5-2)14-10-7-6-8-11-14/h4,6-13H,5H2,1-3H3/b9-4+,15-12-. The Morgan fingerprint density at radius 1 is 1.33 bits per heavy atom. The van der Waals surface area contributed by atoms with Gasteiger partial charge in [-0.3, -0.25) is 0 Å². The summed E-state index contributed by atoms with van der Waals surface area (Å²) in [7, 11) is 0. The number of hydrogen-bond donors (Lipinski definition) is 0. The van der Waals surface area contributed by atoms with Crippen LogP contribution in [-0.4, -0.2) is 12.6 Å². The molecule has 0 saturated heterocycles. The minimum Gasteiger partial charge on any atom is -0.463 e. The van der Waals surface area contributed by atoms with Crippen molar-refractivity contribution in [2.24, 2.45) is 5.92 Å². The van der Waals surface area contributed by atoms with E-state index in [1.165, 1.54) is 0 Å². The lowest BCUT2D eigenvalue weighted by atomic mass is 9.93. The van der Waals surface area contributed by atoms with Gasteiger partial charge < -0.3 is 4.74 Å². The van der Waals surface area contributed by atoms with Crippen molar-refractivity contribution in [2.45, 2.75) is 20.8 Å². The lowest BCUT2D eigenvalue weighted by Crippen LogP contribution is -2.04. The molecule has 0 radical (unpaired) electrons. The predicted molar refractivity (Wildman–Crippen MR) is 75.0 cm³/mol. The van der Waals surface area contributed by atoms with Gasteiger partial charge in [0.2, 0.25) is 0 Å². The number of benzene rings is 1. The van der Waals surface area contributed by atoms with Crippen molar-refractivity contribution < 1.29 is 9.53 Å². The fourth-order valence-corrected chi connectivity index (χ4v) is 1.81. The summed E-state index contributed by atoms with van der Waals surface area (Å²) in [6, 6.07) is 9.91. The topological polar surface area (TPSA) is 26.3 Å². The number of esters is 1. The van der Waals surface area contributed by atoms with Gasteiger partial charge in [0.25, 0.3) is 0 Å². The van der Waals surface area contributed by atoms with Gasteiger partial charge in [-0.05, 0) is 30.9 Å². The molecule has 0 spiro atoms. The molecule has 0 aliphatic carbocycles. The van der Waals surface area contributed by atoms with E-state index in [0.717, 1.165) is 11.1 Å². The highest BCUT2D eigenvalue weighted by Crippen LogP contribution is 2.24. The molecule has 96 valence electrons. The Kier molecular flexibility index (Phi) is 5.92. The highest BCUT2D eigenvalue weighted by molar-refractivity contribution is 5.92. The van der Waals surface area contributed by atoms with Gasteiger partial charge in [-0.1, -0.05) is 49.4 Å². The molecule has 0 heterocycles. The number of carbonyl (C=O) groups excluding carboxylic acids is 1. The maximum atomic E-state index is 11.6. The van der Waals surface area contributed by atoms with Crippen LogP contribution in [0, 0.1) is 5.92 Å². The summed E-state index contributed by atoms with van der Waals surface area (Å²) in [5.41, 5.74) is 2.03. The Balaban J connectivity index is 3.06. The molecule has 1 aromatic rings. The number of rotatable bonds is 5. The molecule has 2 nitrogen and oxygen atoms in total. The molecule has 1 unspecified atom stereocenters. The molecule has 0 aromatic heterocycles. The third-order valence-electron chi connectivity index (χ3n) is 2.64. The summed E-state index contributed by atoms with van der Waals surface area (Å²) in [6.45, 7) is 6.25. The molecule has 1 aromatic carbocycles. The number of hydrogen-bond acceptors (Lipinski definition) is 2. The molecule has 0 bridgehead atoms. The van der Waals surface area contributed by atoms with E-state index in [4.69, 9.17) is 4.74 Å². The zero-order chi connectivity index (χ0) is 13.4. The zero-order valence-electron chi connectivity index (χ0n) is 11.2. The van der Waals surface area contributed by atoms with Crippen LogP contribution in [0.15, 0.2) is 48.6 Å². The normalized spacial score (nSPS) is 13.6. The van der Waals surface area contributed by atoms with E-state index in [9.17, 15) is 4.79 Å². The maximum absolute atomic E-state index is 11.6. The number of allylic oxidation sites excluding steroid dienone is 3. The molecular formula is C16H20O2. The predicted octanol–water partition coefficient (Wildman–Crippen LogP) is 3.85. The quantitative estimate of drug-likeness (QED) is 0.447. The summed E-state index contributed by atoms with van der Waals surface area (Å²) in [4.78, 5) is 11.6. The van der Waals surface area contributed by atoms with Crippen LogP contribution >= 0.6 is 0 Å². The van der Waals surface area contributed by atoms with Crippen LogP contribution in [0.3, 0.4) is 0 Å². The van der Waals surface area contributed by atoms with Crippen LogP contribution < -0.4 is 0 Å². The molecule has 18 heavy (non-hydrogen) atoms. The number of carbonyl (C=O) groups is 1. The Morgan fingerprint density at radius 3 is 2.56 bits per heavy atom. The molecule has 0 amide bonds. The van der Waals surface area contributed by atoms with Crippen LogP contribution in [0.4, 0.5) is 0 Å². The van der Waals surface area contributed by atoms with Crippen LogP contribution in [0.2, 0.25) is 0 Å². The minimum atomic E-state index is -0.285. The molecule has 0 saturated carbocycles. The van der Waals surface area contributed by atoms with E-state index >= 15 is 0 Å². The van der Waals surface area contributed by atoms with Gasteiger partial charge in [-0.25, -0.2) is 4.79 Å². The molecule has 1 rings (SSSR count). The van der Waals surface area contributed by atoms with Crippen molar-refractivity contribution in [1.29, 1.82) is 0 Å². The average Bonchev–Trinajstić information content (AvgIpc) is 2.37. The van der Waals surface area contributed by atoms with E-state index in [0.29, 0.717) is 6.61 Å². The van der Waals surface area contributed by atoms with E-state index in [1.807, 2.05) is 50.3 Å². The van der Waals surface area contributed by atoms with Crippen molar-refractivity contribution in [3.8, 4) is 0 Å². The molecule has 0 aliphatic heterocycles. The van der Waals surface area contributed by atoms with E-state index in [1.54, 1.807) is 6.08 Å². The first-order valence-electron chi connectivity index (χ1n) is 6.25. The first-order chi connectivity index (χ1) is 8.69. The summed E-state index contributed by atoms with van der Waals surface area (Å²) < 4.78 is 4.98. The SMILES string of the molecule is C/C=C/C(C)/C(=C/C(=O)OCC)c1ccccc1. The van der Waals surface area contributed by atoms with Gasteiger partial charge in [-0.2, -0.15) is 0 Å². The van der Waals surface area contributed by atoms with Crippen LogP contribution in [-0.2, 0) is 9.53 Å². The molecule has 0 fully saturated rings. The Labute approximate surface area is 109 Å². The molecular weight excluding hydrogens is 224 g/mol. The molecule has 1 atom stereocenters. The highest BCUT2D eigenvalue weighted by atomic mass is 16.5. The Hall–Kier alpha value is -1.83. The first kappa shape index (κ1) is 14.2. The lowest BCUT2D eigenvalue weighted by Gasteiger charge is -2.12. The third-order valence-corrected chi connectivity index (χ3v) is 2.64. The zero-order valence-corrected chi connectivity index (χ0v) is 11.2. The van der Waals surface area contributed by atoms with Gasteiger partial charge >= 0.3 is 5.97 Å². The van der Waals surface area contributed by atoms with Crippen LogP contribution in [0.25, 0.3) is 5.57 Å². The summed E-state index contributed by atoms with van der Waals surface area (Å²) in [6.07, 6.45) is 5.65. The lowest BCUT2D eigenvalue weighted by molar-refractivity contribution is -0.137. The number of ether oxygens (including phenoxy) is 1. The minimum absolute atomic E-state index is 0.182. The smallest absolute Gasteiger partial charge is 0.331 e. The first-order valence-corrected chi connectivity index (χ1v) is 6.25. The summed E-state index contributed by atoms with van der Waals surface area (Å²) in [5, 5.41) is 0. The van der Waals surface area contributed by atoms with Gasteiger partial charge in [0.15, 0.2) is 0 Å². The fourth-order valence-electron chi connectivity index (χ4n) is 1.81. The second-order valence-electron chi connectivity index (χ2n) is 4.03. The largest absolute Gasteiger partial charge is 0.463 e. The Bertz CT molecular complexity index is 430. The molecule has 0 N–H and O–H groups in total. The third kappa shape index (κ3) is 4.21. The Morgan fingerprint density at radius 2 is 2.00 bits per heavy atom.